The average Bonchev–Trinajstić information content (AvgIpc) is 2.44. The molecule has 0 spiro atoms. The minimum Gasteiger partial charge on any atom is -0.477 e. The van der Waals surface area contributed by atoms with Gasteiger partial charge in [-0.05, 0) is 13.3 Å². The van der Waals surface area contributed by atoms with E-state index < -0.39 is 0 Å². The highest BCUT2D eigenvalue weighted by Crippen LogP contribution is 2.19. The van der Waals surface area contributed by atoms with Gasteiger partial charge in [0, 0.05) is 19.6 Å². The summed E-state index contributed by atoms with van der Waals surface area (Å²) in [5, 5.41) is 0. The van der Waals surface area contributed by atoms with Crippen LogP contribution in [0.25, 0.3) is 0 Å². The van der Waals surface area contributed by atoms with Gasteiger partial charge in [0.2, 0.25) is 5.88 Å². The topological polar surface area (TPSA) is 73.5 Å². The van der Waals surface area contributed by atoms with Crippen LogP contribution in [0, 0.1) is 0 Å². The highest BCUT2D eigenvalue weighted by molar-refractivity contribution is 5.38. The van der Waals surface area contributed by atoms with E-state index in [0.29, 0.717) is 19.0 Å². The Morgan fingerprint density at radius 2 is 2.32 bits per heavy atom. The van der Waals surface area contributed by atoms with E-state index >= 15 is 0 Å². The number of aromatic nitrogens is 2. The number of hydrogen-bond acceptors (Lipinski definition) is 6. The van der Waals surface area contributed by atoms with E-state index in [1.165, 1.54) is 0 Å². The van der Waals surface area contributed by atoms with Crippen molar-refractivity contribution in [3.8, 4) is 5.88 Å². The first-order valence-electron chi connectivity index (χ1n) is 6.78. The maximum atomic E-state index is 5.74. The first kappa shape index (κ1) is 14.0. The molecule has 19 heavy (non-hydrogen) atoms. The lowest BCUT2D eigenvalue weighted by Gasteiger charge is -2.36. The number of nitrogens with two attached hydrogens (primary N) is 1. The Balaban J connectivity index is 2.07. The molecule has 2 unspecified atom stereocenters. The smallest absolute Gasteiger partial charge is 0.234 e. The van der Waals surface area contributed by atoms with E-state index in [1.807, 2.05) is 6.92 Å². The van der Waals surface area contributed by atoms with Crippen LogP contribution in [0.2, 0.25) is 0 Å². The van der Waals surface area contributed by atoms with Crippen molar-refractivity contribution in [1.29, 1.82) is 0 Å². The maximum Gasteiger partial charge on any atom is 0.234 e. The molecule has 1 aromatic rings. The fraction of sp³-hybridized carbons (Fsp3) is 0.692. The average molecular weight is 266 g/mol. The Hall–Kier alpha value is -1.40. The van der Waals surface area contributed by atoms with Crippen molar-refractivity contribution < 1.29 is 9.47 Å². The second kappa shape index (κ2) is 6.68. The summed E-state index contributed by atoms with van der Waals surface area (Å²) in [6.07, 6.45) is 4.54. The Bertz CT molecular complexity index is 402. The number of morpholine rings is 1. The van der Waals surface area contributed by atoms with Crippen LogP contribution < -0.4 is 15.4 Å². The Morgan fingerprint density at radius 1 is 1.47 bits per heavy atom. The van der Waals surface area contributed by atoms with E-state index in [9.17, 15) is 0 Å². The molecule has 1 aromatic heterocycles. The van der Waals surface area contributed by atoms with Gasteiger partial charge in [0.1, 0.15) is 0 Å². The largest absolute Gasteiger partial charge is 0.477 e. The van der Waals surface area contributed by atoms with Gasteiger partial charge in [-0.3, -0.25) is 4.98 Å². The van der Waals surface area contributed by atoms with Crippen molar-refractivity contribution in [2.75, 3.05) is 31.1 Å². The van der Waals surface area contributed by atoms with Gasteiger partial charge in [-0.15, -0.1) is 0 Å². The zero-order chi connectivity index (χ0) is 13.7. The summed E-state index contributed by atoms with van der Waals surface area (Å²) in [4.78, 5) is 10.8. The van der Waals surface area contributed by atoms with Crippen LogP contribution in [0.5, 0.6) is 5.88 Å². The third-order valence-corrected chi connectivity index (χ3v) is 2.97. The van der Waals surface area contributed by atoms with E-state index in [4.69, 9.17) is 15.2 Å². The van der Waals surface area contributed by atoms with E-state index in [2.05, 4.69) is 21.8 Å². The molecule has 0 bridgehead atoms. The molecule has 1 fully saturated rings. The minimum absolute atomic E-state index is 0.0470. The Labute approximate surface area is 113 Å². The molecule has 0 radical (unpaired) electrons. The van der Waals surface area contributed by atoms with E-state index in [0.717, 1.165) is 25.3 Å². The molecule has 2 rings (SSSR count). The molecule has 0 aliphatic carbocycles. The zero-order valence-corrected chi connectivity index (χ0v) is 11.6. The SMILES string of the molecule is CCCOc1cncc(N2CC(C)OC(CN)C2)n1. The standard InChI is InChI=1S/C13H22N4O2/c1-3-4-18-13-7-15-6-12(16-13)17-8-10(2)19-11(5-14)9-17/h6-7,10-11H,3-5,8-9,14H2,1-2H3. The van der Waals surface area contributed by atoms with Crippen LogP contribution in [0.3, 0.4) is 0 Å². The lowest BCUT2D eigenvalue weighted by molar-refractivity contribution is -0.0107. The van der Waals surface area contributed by atoms with Crippen LogP contribution >= 0.6 is 0 Å². The first-order valence-corrected chi connectivity index (χ1v) is 6.78. The van der Waals surface area contributed by atoms with Crippen molar-refractivity contribution in [2.45, 2.75) is 32.5 Å². The van der Waals surface area contributed by atoms with Crippen LogP contribution in [-0.2, 0) is 4.74 Å². The van der Waals surface area contributed by atoms with Crippen LogP contribution in [0.15, 0.2) is 12.4 Å². The molecule has 6 heteroatoms. The third kappa shape index (κ3) is 3.78. The quantitative estimate of drug-likeness (QED) is 0.850. The lowest BCUT2D eigenvalue weighted by Crippen LogP contribution is -2.49. The predicted molar refractivity (Wildman–Crippen MR) is 73.4 cm³/mol. The summed E-state index contributed by atoms with van der Waals surface area (Å²) in [6.45, 7) is 6.81. The van der Waals surface area contributed by atoms with E-state index in [1.54, 1.807) is 12.4 Å². The summed E-state index contributed by atoms with van der Waals surface area (Å²) in [7, 11) is 0. The first-order chi connectivity index (χ1) is 9.22. The van der Waals surface area contributed by atoms with Gasteiger partial charge >= 0.3 is 0 Å². The molecule has 106 valence electrons. The molecule has 0 saturated carbocycles. The number of hydrogen-bond donors (Lipinski definition) is 1. The van der Waals surface area contributed by atoms with Gasteiger partial charge in [0.25, 0.3) is 0 Å². The monoisotopic (exact) mass is 266 g/mol. The van der Waals surface area contributed by atoms with Gasteiger partial charge in [-0.1, -0.05) is 6.92 Å². The van der Waals surface area contributed by atoms with Gasteiger partial charge in [0.05, 0.1) is 31.2 Å². The second-order valence-electron chi connectivity index (χ2n) is 4.77. The molecule has 2 heterocycles. The summed E-state index contributed by atoms with van der Waals surface area (Å²) < 4.78 is 11.2. The lowest BCUT2D eigenvalue weighted by atomic mass is 10.2. The molecular weight excluding hydrogens is 244 g/mol. The molecule has 6 nitrogen and oxygen atoms in total. The van der Waals surface area contributed by atoms with Crippen molar-refractivity contribution >= 4 is 5.82 Å². The normalized spacial score (nSPS) is 23.4. The van der Waals surface area contributed by atoms with Crippen molar-refractivity contribution in [2.24, 2.45) is 5.73 Å². The number of rotatable bonds is 5. The van der Waals surface area contributed by atoms with Gasteiger partial charge < -0.3 is 20.1 Å². The van der Waals surface area contributed by atoms with Crippen LogP contribution in [0.4, 0.5) is 5.82 Å². The molecule has 2 N–H and O–H groups in total. The summed E-state index contributed by atoms with van der Waals surface area (Å²) in [6, 6.07) is 0. The molecule has 0 amide bonds. The van der Waals surface area contributed by atoms with Gasteiger partial charge in [-0.25, -0.2) is 0 Å². The summed E-state index contributed by atoms with van der Waals surface area (Å²) in [5.41, 5.74) is 5.69. The van der Waals surface area contributed by atoms with Crippen LogP contribution in [-0.4, -0.2) is 48.4 Å². The fourth-order valence-electron chi connectivity index (χ4n) is 2.13. The molecule has 1 aliphatic heterocycles. The fourth-order valence-corrected chi connectivity index (χ4v) is 2.13. The molecule has 1 aliphatic rings. The van der Waals surface area contributed by atoms with Gasteiger partial charge in [0.15, 0.2) is 5.82 Å². The molecular formula is C13H22N4O2. The van der Waals surface area contributed by atoms with Crippen molar-refractivity contribution in [1.82, 2.24) is 9.97 Å². The maximum absolute atomic E-state index is 5.74. The van der Waals surface area contributed by atoms with Crippen molar-refractivity contribution in [3.63, 3.8) is 0 Å². The Morgan fingerprint density at radius 3 is 3.05 bits per heavy atom. The number of ether oxygens (including phenoxy) is 2. The minimum atomic E-state index is 0.0470. The summed E-state index contributed by atoms with van der Waals surface area (Å²) in [5.74, 6) is 1.39. The zero-order valence-electron chi connectivity index (χ0n) is 11.6. The second-order valence-corrected chi connectivity index (χ2v) is 4.77. The van der Waals surface area contributed by atoms with Crippen LogP contribution in [0.1, 0.15) is 20.3 Å². The predicted octanol–water partition coefficient (Wildman–Crippen LogP) is 0.818. The number of nitrogens with zero attached hydrogens (tertiary/aromatic N) is 3. The van der Waals surface area contributed by atoms with Crippen molar-refractivity contribution in [3.05, 3.63) is 12.4 Å². The summed E-state index contributed by atoms with van der Waals surface area (Å²) >= 11 is 0. The Kier molecular flexibility index (Phi) is 4.93. The molecule has 1 saturated heterocycles. The highest BCUT2D eigenvalue weighted by Gasteiger charge is 2.25. The van der Waals surface area contributed by atoms with E-state index in [-0.39, 0.29) is 12.2 Å². The highest BCUT2D eigenvalue weighted by atomic mass is 16.5. The molecule has 0 aromatic carbocycles. The van der Waals surface area contributed by atoms with Gasteiger partial charge in [-0.2, -0.15) is 4.98 Å². The third-order valence-electron chi connectivity index (χ3n) is 2.97. The number of anilines is 1. The molecule has 2 atom stereocenters.